The number of hydrogen-bond donors (Lipinski definition) is 3. The van der Waals surface area contributed by atoms with Crippen LogP contribution in [-0.4, -0.2) is 55.2 Å². The van der Waals surface area contributed by atoms with Crippen molar-refractivity contribution in [2.24, 2.45) is 0 Å². The van der Waals surface area contributed by atoms with Gasteiger partial charge in [0.25, 0.3) is 5.91 Å². The average molecular weight is 591 g/mol. The SMILES string of the molecule is CCCCCCCOc1ccc(C(=O)Oc2ccc(C[C@H](NC(=O)c3ccc(OC)cc3)C(=O)NCC(=O)O)cc2)cc1. The number of nitrogens with one attached hydrogen (secondary N) is 2. The topological polar surface area (TPSA) is 140 Å². The van der Waals surface area contributed by atoms with Gasteiger partial charge in [-0.05, 0) is 72.6 Å². The van der Waals surface area contributed by atoms with Crippen LogP contribution in [0.5, 0.6) is 17.2 Å². The van der Waals surface area contributed by atoms with Crippen molar-refractivity contribution in [1.29, 1.82) is 0 Å². The van der Waals surface area contributed by atoms with Gasteiger partial charge in [0.1, 0.15) is 29.8 Å². The van der Waals surface area contributed by atoms with Crippen molar-refractivity contribution in [3.05, 3.63) is 89.5 Å². The largest absolute Gasteiger partial charge is 0.497 e. The summed E-state index contributed by atoms with van der Waals surface area (Å²) < 4.78 is 16.3. The summed E-state index contributed by atoms with van der Waals surface area (Å²) in [7, 11) is 1.51. The molecule has 2 amide bonds. The molecule has 0 aliphatic heterocycles. The fourth-order valence-corrected chi connectivity index (χ4v) is 4.16. The number of carbonyl (C=O) groups is 4. The average Bonchev–Trinajstić information content (AvgIpc) is 3.02. The first kappa shape index (κ1) is 32.7. The Labute approximate surface area is 251 Å². The monoisotopic (exact) mass is 590 g/mol. The normalized spacial score (nSPS) is 11.2. The molecule has 1 atom stereocenters. The van der Waals surface area contributed by atoms with Crippen molar-refractivity contribution >= 4 is 23.8 Å². The lowest BCUT2D eigenvalue weighted by Gasteiger charge is -2.18. The molecule has 10 nitrogen and oxygen atoms in total. The Morgan fingerprint density at radius 3 is 2.00 bits per heavy atom. The highest BCUT2D eigenvalue weighted by molar-refractivity contribution is 5.98. The zero-order chi connectivity index (χ0) is 31.0. The summed E-state index contributed by atoms with van der Waals surface area (Å²) in [5, 5.41) is 13.9. The Balaban J connectivity index is 1.58. The third-order valence-corrected chi connectivity index (χ3v) is 6.57. The molecule has 0 aromatic heterocycles. The van der Waals surface area contributed by atoms with E-state index in [0.717, 1.165) is 12.8 Å². The Kier molecular flexibility index (Phi) is 13.0. The summed E-state index contributed by atoms with van der Waals surface area (Å²) in [6.45, 7) is 2.22. The number of unbranched alkanes of at least 4 members (excludes halogenated alkanes) is 4. The minimum Gasteiger partial charge on any atom is -0.497 e. The van der Waals surface area contributed by atoms with Gasteiger partial charge in [-0.25, -0.2) is 4.79 Å². The summed E-state index contributed by atoms with van der Waals surface area (Å²) in [6, 6.07) is 18.6. The number of hydrogen-bond acceptors (Lipinski definition) is 7. The number of aliphatic carboxylic acids is 1. The van der Waals surface area contributed by atoms with Crippen LogP contribution in [0.25, 0.3) is 0 Å². The number of methoxy groups -OCH3 is 1. The van der Waals surface area contributed by atoms with E-state index in [2.05, 4.69) is 17.6 Å². The molecule has 0 heterocycles. The number of amides is 2. The first-order valence-corrected chi connectivity index (χ1v) is 14.3. The molecule has 0 radical (unpaired) electrons. The zero-order valence-electron chi connectivity index (χ0n) is 24.5. The van der Waals surface area contributed by atoms with E-state index in [0.29, 0.717) is 40.5 Å². The first-order valence-electron chi connectivity index (χ1n) is 14.3. The van der Waals surface area contributed by atoms with Gasteiger partial charge in [0.15, 0.2) is 0 Å². The van der Waals surface area contributed by atoms with Crippen molar-refractivity contribution in [3.63, 3.8) is 0 Å². The van der Waals surface area contributed by atoms with Crippen LogP contribution in [0, 0.1) is 0 Å². The lowest BCUT2D eigenvalue weighted by Crippen LogP contribution is -2.49. The third kappa shape index (κ3) is 11.1. The second-order valence-corrected chi connectivity index (χ2v) is 9.89. The quantitative estimate of drug-likeness (QED) is 0.116. The van der Waals surface area contributed by atoms with Crippen LogP contribution in [-0.2, 0) is 16.0 Å². The van der Waals surface area contributed by atoms with E-state index in [4.69, 9.17) is 19.3 Å². The number of ether oxygens (including phenoxy) is 3. The van der Waals surface area contributed by atoms with Crippen LogP contribution >= 0.6 is 0 Å². The van der Waals surface area contributed by atoms with Crippen LogP contribution in [0.4, 0.5) is 0 Å². The van der Waals surface area contributed by atoms with Gasteiger partial charge in [-0.3, -0.25) is 14.4 Å². The van der Waals surface area contributed by atoms with Crippen LogP contribution in [0.2, 0.25) is 0 Å². The van der Waals surface area contributed by atoms with Crippen LogP contribution < -0.4 is 24.8 Å². The second kappa shape index (κ2) is 17.2. The molecule has 0 unspecified atom stereocenters. The molecule has 3 aromatic carbocycles. The van der Waals surface area contributed by atoms with Crippen molar-refractivity contribution in [3.8, 4) is 17.2 Å². The first-order chi connectivity index (χ1) is 20.8. The fraction of sp³-hybridized carbons (Fsp3) is 0.333. The maximum atomic E-state index is 12.8. The molecule has 228 valence electrons. The molecule has 0 aliphatic rings. The van der Waals surface area contributed by atoms with Gasteiger partial charge in [0, 0.05) is 12.0 Å². The number of carboxylic acids is 1. The van der Waals surface area contributed by atoms with Gasteiger partial charge in [-0.15, -0.1) is 0 Å². The Bertz CT molecular complexity index is 1340. The molecule has 10 heteroatoms. The molecule has 3 aromatic rings. The molecule has 3 N–H and O–H groups in total. The van der Waals surface area contributed by atoms with E-state index in [1.54, 1.807) is 72.8 Å². The molecule has 0 aliphatic carbocycles. The molecule has 3 rings (SSSR count). The number of esters is 1. The van der Waals surface area contributed by atoms with E-state index in [9.17, 15) is 19.2 Å². The van der Waals surface area contributed by atoms with Crippen molar-refractivity contribution in [2.45, 2.75) is 51.5 Å². The molecular formula is C33H38N2O8. The minimum atomic E-state index is -1.21. The lowest BCUT2D eigenvalue weighted by molar-refractivity contribution is -0.138. The summed E-state index contributed by atoms with van der Waals surface area (Å²) >= 11 is 0. The van der Waals surface area contributed by atoms with Crippen LogP contribution in [0.3, 0.4) is 0 Å². The van der Waals surface area contributed by atoms with E-state index in [1.807, 2.05) is 0 Å². The summed E-state index contributed by atoms with van der Waals surface area (Å²) in [6.07, 6.45) is 5.83. The van der Waals surface area contributed by atoms with Gasteiger partial charge >= 0.3 is 11.9 Å². The smallest absolute Gasteiger partial charge is 0.343 e. The van der Waals surface area contributed by atoms with Gasteiger partial charge in [-0.2, -0.15) is 0 Å². The van der Waals surface area contributed by atoms with Gasteiger partial charge in [0.2, 0.25) is 5.91 Å². The zero-order valence-corrected chi connectivity index (χ0v) is 24.5. The minimum absolute atomic E-state index is 0.0711. The highest BCUT2D eigenvalue weighted by Gasteiger charge is 2.23. The summed E-state index contributed by atoms with van der Waals surface area (Å²) in [5.41, 5.74) is 1.33. The molecule has 43 heavy (non-hydrogen) atoms. The molecule has 0 fully saturated rings. The van der Waals surface area contributed by atoms with Gasteiger partial charge < -0.3 is 30.0 Å². The standard InChI is InChI=1S/C33H38N2O8/c1-3-4-5-6-7-20-42-27-18-12-25(13-19-27)33(40)43-28-14-8-23(9-15-28)21-29(32(39)34-22-30(36)37)35-31(38)24-10-16-26(41-2)17-11-24/h8-19,29H,3-7,20-22H2,1-2H3,(H,34,39)(H,35,38)(H,36,37)/t29-/m0/s1. The molecule has 0 bridgehead atoms. The maximum Gasteiger partial charge on any atom is 0.343 e. The number of rotatable bonds is 17. The van der Waals surface area contributed by atoms with E-state index < -0.39 is 36.3 Å². The lowest BCUT2D eigenvalue weighted by atomic mass is 10.0. The second-order valence-electron chi connectivity index (χ2n) is 9.89. The third-order valence-electron chi connectivity index (χ3n) is 6.57. The maximum absolute atomic E-state index is 12.8. The van der Waals surface area contributed by atoms with Crippen LogP contribution in [0.15, 0.2) is 72.8 Å². The predicted octanol–water partition coefficient (Wildman–Crippen LogP) is 4.81. The van der Waals surface area contributed by atoms with Gasteiger partial charge in [-0.1, -0.05) is 44.7 Å². The Hall–Kier alpha value is -4.86. The van der Waals surface area contributed by atoms with Gasteiger partial charge in [0.05, 0.1) is 19.3 Å². The predicted molar refractivity (Wildman–Crippen MR) is 161 cm³/mol. The number of benzene rings is 3. The summed E-state index contributed by atoms with van der Waals surface area (Å²) in [5.74, 6) is -1.33. The Morgan fingerprint density at radius 2 is 1.37 bits per heavy atom. The van der Waals surface area contributed by atoms with Crippen molar-refractivity contribution in [1.82, 2.24) is 10.6 Å². The Morgan fingerprint density at radius 1 is 0.767 bits per heavy atom. The molecule has 0 spiro atoms. The molecular weight excluding hydrogens is 552 g/mol. The van der Waals surface area contributed by atoms with Crippen molar-refractivity contribution in [2.75, 3.05) is 20.3 Å². The fourth-order valence-electron chi connectivity index (χ4n) is 4.16. The van der Waals surface area contributed by atoms with Crippen LogP contribution in [0.1, 0.15) is 65.3 Å². The molecule has 0 saturated heterocycles. The number of carbonyl (C=O) groups excluding carboxylic acids is 3. The molecule has 0 saturated carbocycles. The highest BCUT2D eigenvalue weighted by Crippen LogP contribution is 2.18. The van der Waals surface area contributed by atoms with E-state index in [1.165, 1.54) is 26.4 Å². The van der Waals surface area contributed by atoms with E-state index in [-0.39, 0.29) is 6.42 Å². The van der Waals surface area contributed by atoms with Crippen molar-refractivity contribution < 1.29 is 38.5 Å². The van der Waals surface area contributed by atoms with E-state index >= 15 is 0 Å². The highest BCUT2D eigenvalue weighted by atomic mass is 16.5. The number of carboxylic acid groups (broad SMARTS) is 1. The summed E-state index contributed by atoms with van der Waals surface area (Å²) in [4.78, 5) is 49.1.